The number of hydrogen-bond acceptors (Lipinski definition) is 5. The summed E-state index contributed by atoms with van der Waals surface area (Å²) in [5, 5.41) is 7.01. The van der Waals surface area contributed by atoms with Crippen LogP contribution in [0.1, 0.15) is 37.5 Å². The van der Waals surface area contributed by atoms with Crippen molar-refractivity contribution >= 4 is 0 Å². The molecule has 0 atom stereocenters. The van der Waals surface area contributed by atoms with Crippen molar-refractivity contribution in [3.8, 4) is 5.75 Å². The summed E-state index contributed by atoms with van der Waals surface area (Å²) in [6.45, 7) is 5.51. The molecule has 21 heavy (non-hydrogen) atoms. The molecule has 0 fully saturated rings. The standard InChI is InChI=1S/C15H20FN3O2/c1-3-8-17-9-11-6-5-7-12(16)15(11)20-10-14-18-13(4-2)19-21-14/h5-7,17H,3-4,8-10H2,1-2H3. The monoisotopic (exact) mass is 293 g/mol. The molecule has 5 nitrogen and oxygen atoms in total. The fourth-order valence-corrected chi connectivity index (χ4v) is 1.88. The van der Waals surface area contributed by atoms with Crippen molar-refractivity contribution in [3.63, 3.8) is 0 Å². The Morgan fingerprint density at radius 3 is 2.90 bits per heavy atom. The highest BCUT2D eigenvalue weighted by Crippen LogP contribution is 2.23. The van der Waals surface area contributed by atoms with Crippen LogP contribution in [0.5, 0.6) is 5.75 Å². The van der Waals surface area contributed by atoms with Gasteiger partial charge in [0.05, 0.1) is 0 Å². The van der Waals surface area contributed by atoms with E-state index in [9.17, 15) is 4.39 Å². The maximum Gasteiger partial charge on any atom is 0.264 e. The van der Waals surface area contributed by atoms with Crippen molar-refractivity contribution in [2.24, 2.45) is 0 Å². The number of halogens is 1. The third kappa shape index (κ3) is 4.26. The van der Waals surface area contributed by atoms with Crippen LogP contribution >= 0.6 is 0 Å². The summed E-state index contributed by atoms with van der Waals surface area (Å²) < 4.78 is 24.5. The van der Waals surface area contributed by atoms with Gasteiger partial charge in [-0.05, 0) is 19.0 Å². The average molecular weight is 293 g/mol. The Morgan fingerprint density at radius 2 is 2.19 bits per heavy atom. The lowest BCUT2D eigenvalue weighted by molar-refractivity contribution is 0.231. The van der Waals surface area contributed by atoms with E-state index in [1.165, 1.54) is 6.07 Å². The Kier molecular flexibility index (Phi) is 5.68. The first-order valence-corrected chi connectivity index (χ1v) is 7.17. The maximum absolute atomic E-state index is 13.9. The van der Waals surface area contributed by atoms with Crippen molar-refractivity contribution in [1.29, 1.82) is 0 Å². The van der Waals surface area contributed by atoms with Crippen LogP contribution in [0, 0.1) is 5.82 Å². The van der Waals surface area contributed by atoms with Crippen LogP contribution in [-0.4, -0.2) is 16.7 Å². The van der Waals surface area contributed by atoms with E-state index in [2.05, 4.69) is 22.4 Å². The first kappa shape index (κ1) is 15.4. The summed E-state index contributed by atoms with van der Waals surface area (Å²) in [6, 6.07) is 4.89. The molecule has 0 aliphatic heterocycles. The summed E-state index contributed by atoms with van der Waals surface area (Å²) in [7, 11) is 0. The van der Waals surface area contributed by atoms with E-state index in [1.54, 1.807) is 6.07 Å². The van der Waals surface area contributed by atoms with Gasteiger partial charge >= 0.3 is 0 Å². The number of nitrogens with zero attached hydrogens (tertiary/aromatic N) is 2. The topological polar surface area (TPSA) is 60.2 Å². The first-order chi connectivity index (χ1) is 10.2. The maximum atomic E-state index is 13.9. The van der Waals surface area contributed by atoms with Gasteiger partial charge in [-0.2, -0.15) is 4.98 Å². The number of aromatic nitrogens is 2. The zero-order chi connectivity index (χ0) is 15.1. The summed E-state index contributed by atoms with van der Waals surface area (Å²) in [5.74, 6) is 0.813. The number of hydrogen-bond donors (Lipinski definition) is 1. The van der Waals surface area contributed by atoms with Crippen molar-refractivity contribution < 1.29 is 13.7 Å². The predicted molar refractivity (Wildman–Crippen MR) is 76.4 cm³/mol. The Hall–Kier alpha value is -1.95. The van der Waals surface area contributed by atoms with Gasteiger partial charge in [-0.15, -0.1) is 0 Å². The highest BCUT2D eigenvalue weighted by molar-refractivity contribution is 5.34. The van der Waals surface area contributed by atoms with Gasteiger partial charge in [0.15, 0.2) is 24.0 Å². The predicted octanol–water partition coefficient (Wildman–Crippen LogP) is 2.85. The van der Waals surface area contributed by atoms with Crippen molar-refractivity contribution in [3.05, 3.63) is 41.3 Å². The molecule has 0 amide bonds. The molecule has 6 heteroatoms. The van der Waals surface area contributed by atoms with Gasteiger partial charge < -0.3 is 14.6 Å². The minimum Gasteiger partial charge on any atom is -0.480 e. The normalized spacial score (nSPS) is 10.8. The van der Waals surface area contributed by atoms with E-state index in [4.69, 9.17) is 9.26 Å². The van der Waals surface area contributed by atoms with Crippen LogP contribution in [0.3, 0.4) is 0 Å². The lowest BCUT2D eigenvalue weighted by Gasteiger charge is -2.11. The lowest BCUT2D eigenvalue weighted by Crippen LogP contribution is -2.15. The summed E-state index contributed by atoms with van der Waals surface area (Å²) >= 11 is 0. The van der Waals surface area contributed by atoms with Crippen LogP contribution in [0.4, 0.5) is 4.39 Å². The molecule has 0 aliphatic rings. The Bertz CT molecular complexity index is 572. The average Bonchev–Trinajstić information content (AvgIpc) is 2.95. The van der Waals surface area contributed by atoms with Crippen LogP contribution in [0.2, 0.25) is 0 Å². The SMILES string of the molecule is CCCNCc1cccc(F)c1OCc1nc(CC)no1. The molecule has 2 rings (SSSR count). The molecular weight excluding hydrogens is 273 g/mol. The van der Waals surface area contributed by atoms with E-state index < -0.39 is 0 Å². The zero-order valence-electron chi connectivity index (χ0n) is 12.4. The molecule has 0 spiro atoms. The third-order valence-corrected chi connectivity index (χ3v) is 2.96. The smallest absolute Gasteiger partial charge is 0.264 e. The van der Waals surface area contributed by atoms with Gasteiger partial charge in [0.25, 0.3) is 5.89 Å². The van der Waals surface area contributed by atoms with E-state index in [-0.39, 0.29) is 18.2 Å². The molecular formula is C15H20FN3O2. The molecule has 0 radical (unpaired) electrons. The molecule has 1 aromatic heterocycles. The van der Waals surface area contributed by atoms with Crippen LogP contribution < -0.4 is 10.1 Å². The molecule has 1 N–H and O–H groups in total. The second-order valence-corrected chi connectivity index (χ2v) is 4.65. The summed E-state index contributed by atoms with van der Waals surface area (Å²) in [4.78, 5) is 4.14. The Morgan fingerprint density at radius 1 is 1.33 bits per heavy atom. The molecule has 1 heterocycles. The van der Waals surface area contributed by atoms with Gasteiger partial charge in [0.2, 0.25) is 0 Å². The fourth-order valence-electron chi connectivity index (χ4n) is 1.88. The quantitative estimate of drug-likeness (QED) is 0.758. The lowest BCUT2D eigenvalue weighted by atomic mass is 10.2. The molecule has 0 saturated carbocycles. The van der Waals surface area contributed by atoms with Crippen molar-refractivity contribution in [2.45, 2.75) is 39.8 Å². The molecule has 0 saturated heterocycles. The van der Waals surface area contributed by atoms with Crippen molar-refractivity contribution in [2.75, 3.05) is 6.54 Å². The molecule has 0 unspecified atom stereocenters. The Balaban J connectivity index is 2.03. The highest BCUT2D eigenvalue weighted by Gasteiger charge is 2.12. The number of rotatable bonds is 8. The Labute approximate surface area is 123 Å². The fraction of sp³-hybridized carbons (Fsp3) is 0.467. The van der Waals surface area contributed by atoms with E-state index in [0.717, 1.165) is 18.5 Å². The van der Waals surface area contributed by atoms with Crippen LogP contribution in [-0.2, 0) is 19.6 Å². The van der Waals surface area contributed by atoms with Crippen molar-refractivity contribution in [1.82, 2.24) is 15.5 Å². The second kappa shape index (κ2) is 7.73. The minimum atomic E-state index is -0.388. The number of ether oxygens (including phenoxy) is 1. The number of para-hydroxylation sites is 1. The van der Waals surface area contributed by atoms with Gasteiger partial charge in [-0.1, -0.05) is 31.1 Å². The van der Waals surface area contributed by atoms with E-state index in [1.807, 2.05) is 13.0 Å². The second-order valence-electron chi connectivity index (χ2n) is 4.65. The summed E-state index contributed by atoms with van der Waals surface area (Å²) in [5.41, 5.74) is 0.777. The van der Waals surface area contributed by atoms with Crippen LogP contribution in [0.25, 0.3) is 0 Å². The molecule has 0 bridgehead atoms. The molecule has 114 valence electrons. The van der Waals surface area contributed by atoms with E-state index >= 15 is 0 Å². The first-order valence-electron chi connectivity index (χ1n) is 7.17. The van der Waals surface area contributed by atoms with Gasteiger partial charge in [-0.3, -0.25) is 0 Å². The van der Waals surface area contributed by atoms with Gasteiger partial charge in [0, 0.05) is 18.5 Å². The number of benzene rings is 1. The zero-order valence-corrected chi connectivity index (χ0v) is 12.4. The van der Waals surface area contributed by atoms with E-state index in [0.29, 0.717) is 24.7 Å². The third-order valence-electron chi connectivity index (χ3n) is 2.96. The number of nitrogens with one attached hydrogen (secondary N) is 1. The molecule has 1 aromatic carbocycles. The largest absolute Gasteiger partial charge is 0.480 e. The molecule has 2 aromatic rings. The van der Waals surface area contributed by atoms with Crippen LogP contribution in [0.15, 0.2) is 22.7 Å². The minimum absolute atomic E-state index is 0.0642. The number of aryl methyl sites for hydroxylation is 1. The van der Waals surface area contributed by atoms with Gasteiger partial charge in [-0.25, -0.2) is 4.39 Å². The highest BCUT2D eigenvalue weighted by atomic mass is 19.1. The summed E-state index contributed by atoms with van der Waals surface area (Å²) in [6.07, 6.45) is 1.71. The molecule has 0 aliphatic carbocycles. The van der Waals surface area contributed by atoms with Gasteiger partial charge in [0.1, 0.15) is 0 Å².